The molecule has 27 heavy (non-hydrogen) atoms. The molecule has 0 fully saturated rings. The van der Waals surface area contributed by atoms with Gasteiger partial charge in [-0.3, -0.25) is 4.79 Å². The van der Waals surface area contributed by atoms with Crippen molar-refractivity contribution in [1.29, 1.82) is 0 Å². The highest BCUT2D eigenvalue weighted by Gasteiger charge is 2.10. The highest BCUT2D eigenvalue weighted by molar-refractivity contribution is 14.0. The molecule has 0 aromatic heterocycles. The molecule has 0 heterocycles. The van der Waals surface area contributed by atoms with E-state index in [1.807, 2.05) is 52.0 Å². The Morgan fingerprint density at radius 2 is 2.00 bits per heavy atom. The van der Waals surface area contributed by atoms with Gasteiger partial charge in [-0.25, -0.2) is 4.99 Å². The summed E-state index contributed by atoms with van der Waals surface area (Å²) in [5.41, 5.74) is 1.87. The molecule has 154 valence electrons. The van der Waals surface area contributed by atoms with Crippen LogP contribution in [-0.4, -0.2) is 38.2 Å². The molecular weight excluding hydrogens is 455 g/mol. The fraction of sp³-hybridized carbons (Fsp3) is 0.600. The third kappa shape index (κ3) is 11.2. The second-order valence-electron chi connectivity index (χ2n) is 6.17. The Balaban J connectivity index is 0.00000676. The summed E-state index contributed by atoms with van der Waals surface area (Å²) in [4.78, 5) is 16.6. The van der Waals surface area contributed by atoms with Gasteiger partial charge in [-0.2, -0.15) is 0 Å². The Morgan fingerprint density at radius 3 is 2.67 bits per heavy atom. The van der Waals surface area contributed by atoms with Gasteiger partial charge >= 0.3 is 0 Å². The standard InChI is InChI=1S/C20H34N4O2.HI/c1-5-16(4)19(25)24-18-11-8-10-17(14-18)15-23-20(21-6-2)22-12-9-13-26-7-3;/h8,10-11,14,16H,5-7,9,12-13,15H2,1-4H3,(H,24,25)(H2,21,22,23);1H. The number of anilines is 1. The molecule has 0 aliphatic carbocycles. The summed E-state index contributed by atoms with van der Waals surface area (Å²) < 4.78 is 5.34. The molecule has 0 spiro atoms. The number of hydrogen-bond donors (Lipinski definition) is 3. The fourth-order valence-corrected chi connectivity index (χ4v) is 2.24. The molecular formula is C20H35IN4O2. The molecule has 1 aromatic rings. The Bertz CT molecular complexity index is 567. The number of carbonyl (C=O) groups excluding carboxylic acids is 1. The van der Waals surface area contributed by atoms with Gasteiger partial charge in [-0.05, 0) is 44.4 Å². The molecule has 0 radical (unpaired) electrons. The molecule has 1 amide bonds. The van der Waals surface area contributed by atoms with E-state index in [0.717, 1.165) is 56.4 Å². The maximum Gasteiger partial charge on any atom is 0.227 e. The number of carbonyl (C=O) groups is 1. The lowest BCUT2D eigenvalue weighted by Gasteiger charge is -2.12. The van der Waals surface area contributed by atoms with Crippen LogP contribution in [0.25, 0.3) is 0 Å². The van der Waals surface area contributed by atoms with E-state index in [2.05, 4.69) is 20.9 Å². The zero-order valence-electron chi connectivity index (χ0n) is 17.0. The molecule has 0 saturated heterocycles. The van der Waals surface area contributed by atoms with E-state index in [9.17, 15) is 4.79 Å². The molecule has 1 unspecified atom stereocenters. The van der Waals surface area contributed by atoms with Crippen molar-refractivity contribution in [2.45, 2.75) is 47.1 Å². The van der Waals surface area contributed by atoms with E-state index in [0.29, 0.717) is 6.54 Å². The van der Waals surface area contributed by atoms with Gasteiger partial charge in [-0.15, -0.1) is 24.0 Å². The Kier molecular flexibility index (Phi) is 14.9. The predicted molar refractivity (Wildman–Crippen MR) is 124 cm³/mol. The molecule has 1 rings (SSSR count). The molecule has 0 bridgehead atoms. The summed E-state index contributed by atoms with van der Waals surface area (Å²) >= 11 is 0. The highest BCUT2D eigenvalue weighted by Crippen LogP contribution is 2.13. The zero-order valence-corrected chi connectivity index (χ0v) is 19.3. The summed E-state index contributed by atoms with van der Waals surface area (Å²) in [7, 11) is 0. The number of hydrogen-bond acceptors (Lipinski definition) is 3. The second kappa shape index (κ2) is 15.7. The minimum Gasteiger partial charge on any atom is -0.382 e. The van der Waals surface area contributed by atoms with Crippen molar-refractivity contribution in [2.75, 3.05) is 31.6 Å². The van der Waals surface area contributed by atoms with E-state index in [1.54, 1.807) is 0 Å². The Morgan fingerprint density at radius 1 is 1.22 bits per heavy atom. The average molecular weight is 490 g/mol. The number of nitrogens with one attached hydrogen (secondary N) is 3. The van der Waals surface area contributed by atoms with Gasteiger partial charge in [0, 0.05) is 37.9 Å². The molecule has 1 aromatic carbocycles. The minimum absolute atomic E-state index is 0. The van der Waals surface area contributed by atoms with Crippen LogP contribution in [0.2, 0.25) is 0 Å². The largest absolute Gasteiger partial charge is 0.382 e. The van der Waals surface area contributed by atoms with Crippen LogP contribution < -0.4 is 16.0 Å². The lowest BCUT2D eigenvalue weighted by Crippen LogP contribution is -2.38. The van der Waals surface area contributed by atoms with Gasteiger partial charge < -0.3 is 20.7 Å². The molecule has 0 saturated carbocycles. The van der Waals surface area contributed by atoms with Crippen molar-refractivity contribution in [3.05, 3.63) is 29.8 Å². The number of guanidine groups is 1. The number of aliphatic imine (C=N–C) groups is 1. The maximum absolute atomic E-state index is 12.0. The number of amides is 1. The summed E-state index contributed by atoms with van der Waals surface area (Å²) in [6, 6.07) is 7.84. The van der Waals surface area contributed by atoms with Crippen LogP contribution in [0.3, 0.4) is 0 Å². The van der Waals surface area contributed by atoms with E-state index in [-0.39, 0.29) is 35.8 Å². The van der Waals surface area contributed by atoms with Crippen LogP contribution in [0.1, 0.15) is 46.1 Å². The first kappa shape index (κ1) is 25.6. The topological polar surface area (TPSA) is 74.8 Å². The van der Waals surface area contributed by atoms with Crippen molar-refractivity contribution in [2.24, 2.45) is 10.9 Å². The first-order valence-corrected chi connectivity index (χ1v) is 9.60. The Labute approximate surface area is 181 Å². The van der Waals surface area contributed by atoms with Crippen LogP contribution in [-0.2, 0) is 16.1 Å². The van der Waals surface area contributed by atoms with Gasteiger partial charge in [0.15, 0.2) is 5.96 Å². The van der Waals surface area contributed by atoms with Crippen LogP contribution in [0.5, 0.6) is 0 Å². The summed E-state index contributed by atoms with van der Waals surface area (Å²) in [5, 5.41) is 9.52. The van der Waals surface area contributed by atoms with Crippen molar-refractivity contribution in [1.82, 2.24) is 10.6 Å². The number of benzene rings is 1. The highest BCUT2D eigenvalue weighted by atomic mass is 127. The van der Waals surface area contributed by atoms with E-state index in [1.165, 1.54) is 0 Å². The summed E-state index contributed by atoms with van der Waals surface area (Å²) in [6.45, 7) is 11.7. The van der Waals surface area contributed by atoms with Gasteiger partial charge in [0.2, 0.25) is 5.91 Å². The van der Waals surface area contributed by atoms with Gasteiger partial charge in [0.1, 0.15) is 0 Å². The van der Waals surface area contributed by atoms with Crippen molar-refractivity contribution >= 4 is 41.5 Å². The van der Waals surface area contributed by atoms with Crippen LogP contribution >= 0.6 is 24.0 Å². The van der Waals surface area contributed by atoms with Crippen molar-refractivity contribution in [3.8, 4) is 0 Å². The molecule has 6 nitrogen and oxygen atoms in total. The van der Waals surface area contributed by atoms with E-state index >= 15 is 0 Å². The maximum atomic E-state index is 12.0. The van der Waals surface area contributed by atoms with Crippen molar-refractivity contribution in [3.63, 3.8) is 0 Å². The summed E-state index contributed by atoms with van der Waals surface area (Å²) in [6.07, 6.45) is 1.77. The average Bonchev–Trinajstić information content (AvgIpc) is 2.65. The molecule has 3 N–H and O–H groups in total. The van der Waals surface area contributed by atoms with Crippen LogP contribution in [0.15, 0.2) is 29.3 Å². The van der Waals surface area contributed by atoms with Gasteiger partial charge in [0.25, 0.3) is 0 Å². The molecule has 7 heteroatoms. The number of rotatable bonds is 11. The van der Waals surface area contributed by atoms with Gasteiger partial charge in [-0.1, -0.05) is 26.0 Å². The summed E-state index contributed by atoms with van der Waals surface area (Å²) in [5.74, 6) is 0.855. The minimum atomic E-state index is 0. The van der Waals surface area contributed by atoms with Gasteiger partial charge in [0.05, 0.1) is 6.54 Å². The third-order valence-electron chi connectivity index (χ3n) is 3.98. The van der Waals surface area contributed by atoms with Crippen LogP contribution in [0, 0.1) is 5.92 Å². The lowest BCUT2D eigenvalue weighted by atomic mass is 10.1. The number of ether oxygens (including phenoxy) is 1. The first-order valence-electron chi connectivity index (χ1n) is 9.60. The van der Waals surface area contributed by atoms with E-state index < -0.39 is 0 Å². The van der Waals surface area contributed by atoms with E-state index in [4.69, 9.17) is 4.74 Å². The lowest BCUT2D eigenvalue weighted by molar-refractivity contribution is -0.119. The van der Waals surface area contributed by atoms with Crippen molar-refractivity contribution < 1.29 is 9.53 Å². The fourth-order valence-electron chi connectivity index (χ4n) is 2.24. The predicted octanol–water partition coefficient (Wildman–Crippen LogP) is 3.77. The second-order valence-corrected chi connectivity index (χ2v) is 6.17. The number of halogens is 1. The third-order valence-corrected chi connectivity index (χ3v) is 3.98. The smallest absolute Gasteiger partial charge is 0.227 e. The molecule has 0 aliphatic heterocycles. The number of nitrogens with zero attached hydrogens (tertiary/aromatic N) is 1. The van der Waals surface area contributed by atoms with Crippen LogP contribution in [0.4, 0.5) is 5.69 Å². The zero-order chi connectivity index (χ0) is 19.2. The molecule has 1 atom stereocenters. The SMILES string of the molecule is CCNC(=NCc1cccc(NC(=O)C(C)CC)c1)NCCCOCC.I. The quantitative estimate of drug-likeness (QED) is 0.191. The molecule has 0 aliphatic rings. The monoisotopic (exact) mass is 490 g/mol. The first-order chi connectivity index (χ1) is 12.6. The normalized spacial score (nSPS) is 12.1. The Hall–Kier alpha value is -1.35.